The first-order valence-corrected chi connectivity index (χ1v) is 3.31. The highest BCUT2D eigenvalue weighted by Gasteiger charge is 2.00. The van der Waals surface area contributed by atoms with Crippen molar-refractivity contribution in [3.63, 3.8) is 0 Å². The summed E-state index contributed by atoms with van der Waals surface area (Å²) in [4.78, 5) is 9.64. The molecule has 1 aromatic heterocycles. The minimum atomic E-state index is 0.0150. The Morgan fingerprint density at radius 2 is 2.00 bits per heavy atom. The SMILES string of the molecule is Cc1nc(O)cc(N(C)C)n1. The van der Waals surface area contributed by atoms with Gasteiger partial charge in [-0.3, -0.25) is 0 Å². The first-order chi connectivity index (χ1) is 5.09. The van der Waals surface area contributed by atoms with Crippen molar-refractivity contribution in [2.75, 3.05) is 19.0 Å². The van der Waals surface area contributed by atoms with E-state index in [0.717, 1.165) is 5.82 Å². The lowest BCUT2D eigenvalue weighted by atomic mass is 10.5. The van der Waals surface area contributed by atoms with E-state index in [0.29, 0.717) is 5.82 Å². The number of aromatic hydroxyl groups is 1. The van der Waals surface area contributed by atoms with Crippen LogP contribution in [0.5, 0.6) is 5.88 Å². The van der Waals surface area contributed by atoms with Crippen molar-refractivity contribution in [1.29, 1.82) is 0 Å². The molecule has 0 fully saturated rings. The third-order valence-corrected chi connectivity index (χ3v) is 1.27. The highest BCUT2D eigenvalue weighted by molar-refractivity contribution is 5.39. The normalized spacial score (nSPS) is 9.73. The van der Waals surface area contributed by atoms with Crippen molar-refractivity contribution in [3.8, 4) is 5.88 Å². The lowest BCUT2D eigenvalue weighted by Crippen LogP contribution is -2.11. The van der Waals surface area contributed by atoms with E-state index in [-0.39, 0.29) is 5.88 Å². The predicted octanol–water partition coefficient (Wildman–Crippen LogP) is 0.557. The van der Waals surface area contributed by atoms with Crippen LogP contribution in [0.2, 0.25) is 0 Å². The monoisotopic (exact) mass is 153 g/mol. The van der Waals surface area contributed by atoms with Gasteiger partial charge in [0.2, 0.25) is 5.88 Å². The van der Waals surface area contributed by atoms with Crippen LogP contribution in [0.3, 0.4) is 0 Å². The van der Waals surface area contributed by atoms with Crippen molar-refractivity contribution in [1.82, 2.24) is 9.97 Å². The second-order valence-electron chi connectivity index (χ2n) is 2.53. The van der Waals surface area contributed by atoms with Gasteiger partial charge in [0.25, 0.3) is 0 Å². The molecule has 0 spiro atoms. The Kier molecular flexibility index (Phi) is 1.94. The summed E-state index contributed by atoms with van der Waals surface area (Å²) in [6.45, 7) is 1.74. The molecule has 0 saturated heterocycles. The van der Waals surface area contributed by atoms with Crippen LogP contribution in [0.1, 0.15) is 5.82 Å². The van der Waals surface area contributed by atoms with E-state index >= 15 is 0 Å². The van der Waals surface area contributed by atoms with E-state index < -0.39 is 0 Å². The molecule has 0 unspecified atom stereocenters. The second kappa shape index (κ2) is 2.74. The molecule has 0 aromatic carbocycles. The van der Waals surface area contributed by atoms with Gasteiger partial charge in [0.05, 0.1) is 0 Å². The van der Waals surface area contributed by atoms with Crippen LogP contribution < -0.4 is 4.90 Å². The van der Waals surface area contributed by atoms with Crippen molar-refractivity contribution in [2.24, 2.45) is 0 Å². The Labute approximate surface area is 65.5 Å². The van der Waals surface area contributed by atoms with E-state index in [2.05, 4.69) is 9.97 Å². The van der Waals surface area contributed by atoms with Crippen LogP contribution in [0.15, 0.2) is 6.07 Å². The molecular formula is C7H11N3O. The smallest absolute Gasteiger partial charge is 0.216 e. The zero-order valence-electron chi connectivity index (χ0n) is 6.87. The van der Waals surface area contributed by atoms with E-state index in [1.54, 1.807) is 6.92 Å². The molecule has 0 atom stereocenters. The molecule has 0 radical (unpaired) electrons. The van der Waals surface area contributed by atoms with Crippen LogP contribution >= 0.6 is 0 Å². The number of rotatable bonds is 1. The van der Waals surface area contributed by atoms with E-state index in [1.165, 1.54) is 6.07 Å². The molecule has 60 valence electrons. The molecule has 0 amide bonds. The number of anilines is 1. The van der Waals surface area contributed by atoms with Gasteiger partial charge < -0.3 is 10.0 Å². The minimum absolute atomic E-state index is 0.0150. The third kappa shape index (κ3) is 1.80. The standard InChI is InChI=1S/C7H11N3O/c1-5-8-6(10(2)3)4-7(11)9-5/h4H,1-3H3,(H,8,9,11). The summed E-state index contributed by atoms with van der Waals surface area (Å²) in [6.07, 6.45) is 0. The van der Waals surface area contributed by atoms with E-state index in [4.69, 9.17) is 5.11 Å². The van der Waals surface area contributed by atoms with Crippen LogP contribution in [-0.2, 0) is 0 Å². The first kappa shape index (κ1) is 7.78. The van der Waals surface area contributed by atoms with Crippen molar-refractivity contribution in [3.05, 3.63) is 11.9 Å². The third-order valence-electron chi connectivity index (χ3n) is 1.27. The fourth-order valence-electron chi connectivity index (χ4n) is 0.766. The molecule has 0 bridgehead atoms. The molecule has 4 heteroatoms. The molecule has 0 aliphatic rings. The topological polar surface area (TPSA) is 49.3 Å². The number of aryl methyl sites for hydroxylation is 1. The number of hydrogen-bond acceptors (Lipinski definition) is 4. The second-order valence-corrected chi connectivity index (χ2v) is 2.53. The van der Waals surface area contributed by atoms with Crippen LogP contribution in [-0.4, -0.2) is 29.2 Å². The van der Waals surface area contributed by atoms with Crippen LogP contribution in [0.25, 0.3) is 0 Å². The Morgan fingerprint density at radius 1 is 1.36 bits per heavy atom. The van der Waals surface area contributed by atoms with Gasteiger partial charge in [0.15, 0.2) is 0 Å². The molecule has 1 aromatic rings. The largest absolute Gasteiger partial charge is 0.493 e. The number of hydrogen-bond donors (Lipinski definition) is 1. The van der Waals surface area contributed by atoms with Crippen molar-refractivity contribution in [2.45, 2.75) is 6.92 Å². The molecule has 0 aliphatic heterocycles. The predicted molar refractivity (Wildman–Crippen MR) is 42.8 cm³/mol. The van der Waals surface area contributed by atoms with Crippen molar-refractivity contribution < 1.29 is 5.11 Å². The van der Waals surface area contributed by atoms with E-state index in [9.17, 15) is 0 Å². The summed E-state index contributed by atoms with van der Waals surface area (Å²) in [5, 5.41) is 9.07. The van der Waals surface area contributed by atoms with Gasteiger partial charge in [-0.25, -0.2) is 4.98 Å². The van der Waals surface area contributed by atoms with Gasteiger partial charge >= 0.3 is 0 Å². The average molecular weight is 153 g/mol. The molecule has 0 saturated carbocycles. The molecule has 1 rings (SSSR count). The summed E-state index contributed by atoms with van der Waals surface area (Å²) >= 11 is 0. The molecule has 1 N–H and O–H groups in total. The van der Waals surface area contributed by atoms with Crippen molar-refractivity contribution >= 4 is 5.82 Å². The Hall–Kier alpha value is -1.32. The fraction of sp³-hybridized carbons (Fsp3) is 0.429. The maximum Gasteiger partial charge on any atom is 0.216 e. The summed E-state index contributed by atoms with van der Waals surface area (Å²) in [7, 11) is 3.72. The van der Waals surface area contributed by atoms with Gasteiger partial charge in [-0.1, -0.05) is 0 Å². The van der Waals surface area contributed by atoms with Gasteiger partial charge in [0, 0.05) is 20.2 Å². The maximum absolute atomic E-state index is 9.07. The lowest BCUT2D eigenvalue weighted by molar-refractivity contribution is 0.450. The maximum atomic E-state index is 9.07. The van der Waals surface area contributed by atoms with Gasteiger partial charge in [-0.15, -0.1) is 0 Å². The van der Waals surface area contributed by atoms with Crippen LogP contribution in [0.4, 0.5) is 5.82 Å². The summed E-state index contributed by atoms with van der Waals surface area (Å²) in [5.74, 6) is 1.31. The zero-order chi connectivity index (χ0) is 8.43. The fourth-order valence-corrected chi connectivity index (χ4v) is 0.766. The number of aromatic nitrogens is 2. The molecule has 0 aliphatic carbocycles. The molecule has 11 heavy (non-hydrogen) atoms. The highest BCUT2D eigenvalue weighted by atomic mass is 16.3. The number of nitrogens with zero attached hydrogens (tertiary/aromatic N) is 3. The van der Waals surface area contributed by atoms with E-state index in [1.807, 2.05) is 19.0 Å². The molecular weight excluding hydrogens is 142 g/mol. The zero-order valence-corrected chi connectivity index (χ0v) is 6.87. The minimum Gasteiger partial charge on any atom is -0.493 e. The Balaban J connectivity index is 3.08. The van der Waals surface area contributed by atoms with Gasteiger partial charge in [-0.2, -0.15) is 4.98 Å². The summed E-state index contributed by atoms with van der Waals surface area (Å²) in [6, 6.07) is 1.52. The first-order valence-electron chi connectivity index (χ1n) is 3.31. The Morgan fingerprint density at radius 3 is 2.45 bits per heavy atom. The van der Waals surface area contributed by atoms with Gasteiger partial charge in [0.1, 0.15) is 11.6 Å². The molecule has 1 heterocycles. The Bertz CT molecular complexity index is 240. The lowest BCUT2D eigenvalue weighted by Gasteiger charge is -2.10. The van der Waals surface area contributed by atoms with Crippen LogP contribution in [0, 0.1) is 6.92 Å². The molecule has 4 nitrogen and oxygen atoms in total. The highest BCUT2D eigenvalue weighted by Crippen LogP contribution is 2.12. The average Bonchev–Trinajstić information content (AvgIpc) is 1.85. The summed E-state index contributed by atoms with van der Waals surface area (Å²) < 4.78 is 0. The quantitative estimate of drug-likeness (QED) is 0.640. The summed E-state index contributed by atoms with van der Waals surface area (Å²) in [5.41, 5.74) is 0. The van der Waals surface area contributed by atoms with Gasteiger partial charge in [-0.05, 0) is 6.92 Å².